The van der Waals surface area contributed by atoms with Crippen molar-refractivity contribution in [2.24, 2.45) is 0 Å². The van der Waals surface area contributed by atoms with Crippen molar-refractivity contribution in [3.05, 3.63) is 35.4 Å². The molecule has 0 atom stereocenters. The van der Waals surface area contributed by atoms with Crippen molar-refractivity contribution in [1.29, 1.82) is 0 Å². The van der Waals surface area contributed by atoms with Crippen molar-refractivity contribution in [2.45, 2.75) is 13.8 Å². The van der Waals surface area contributed by atoms with Gasteiger partial charge in [-0.15, -0.1) is 0 Å². The van der Waals surface area contributed by atoms with Crippen molar-refractivity contribution in [2.75, 3.05) is 24.7 Å². The Morgan fingerprint density at radius 1 is 0.800 bits per heavy atom. The second-order valence-corrected chi connectivity index (χ2v) is 5.44. The van der Waals surface area contributed by atoms with Crippen LogP contribution in [0.15, 0.2) is 24.3 Å². The van der Waals surface area contributed by atoms with Gasteiger partial charge in [-0.25, -0.2) is 9.97 Å². The zero-order valence-electron chi connectivity index (χ0n) is 12.2. The first kappa shape index (κ1) is 12.7. The molecule has 0 unspecified atom stereocenters. The largest absolute Gasteiger partial charge is 0.398 e. The standard InChI is InChI=1S/C16H18N4/c1-9-5-12-14(7-11(9)17)19-15-8-16(20(3)4)10(2)6-13(15)18-12/h5-8H,17H2,1-4H3. The molecule has 20 heavy (non-hydrogen) atoms. The molecule has 0 aliphatic heterocycles. The van der Waals surface area contributed by atoms with E-state index in [1.54, 1.807) is 0 Å². The van der Waals surface area contributed by atoms with Crippen LogP contribution >= 0.6 is 0 Å². The molecule has 3 rings (SSSR count). The Kier molecular flexibility index (Phi) is 2.74. The van der Waals surface area contributed by atoms with E-state index in [-0.39, 0.29) is 0 Å². The number of hydrogen-bond acceptors (Lipinski definition) is 4. The number of aryl methyl sites for hydroxylation is 2. The second-order valence-electron chi connectivity index (χ2n) is 5.44. The van der Waals surface area contributed by atoms with Crippen molar-refractivity contribution < 1.29 is 0 Å². The van der Waals surface area contributed by atoms with Crippen LogP contribution in [-0.2, 0) is 0 Å². The maximum absolute atomic E-state index is 5.96. The molecule has 0 saturated carbocycles. The molecule has 1 heterocycles. The van der Waals surface area contributed by atoms with E-state index in [1.807, 2.05) is 33.2 Å². The summed E-state index contributed by atoms with van der Waals surface area (Å²) in [5, 5.41) is 0. The van der Waals surface area contributed by atoms with E-state index in [0.29, 0.717) is 0 Å². The summed E-state index contributed by atoms with van der Waals surface area (Å²) >= 11 is 0. The zero-order valence-corrected chi connectivity index (χ0v) is 12.2. The lowest BCUT2D eigenvalue weighted by Gasteiger charge is -2.16. The van der Waals surface area contributed by atoms with Gasteiger partial charge in [-0.05, 0) is 49.2 Å². The van der Waals surface area contributed by atoms with Gasteiger partial charge in [0.15, 0.2) is 0 Å². The molecule has 102 valence electrons. The average Bonchev–Trinajstić information content (AvgIpc) is 2.37. The van der Waals surface area contributed by atoms with E-state index in [2.05, 4.69) is 24.0 Å². The van der Waals surface area contributed by atoms with Gasteiger partial charge in [-0.2, -0.15) is 0 Å². The summed E-state index contributed by atoms with van der Waals surface area (Å²) < 4.78 is 0. The van der Waals surface area contributed by atoms with Gasteiger partial charge >= 0.3 is 0 Å². The molecular formula is C16H18N4. The van der Waals surface area contributed by atoms with Crippen molar-refractivity contribution in [3.63, 3.8) is 0 Å². The smallest absolute Gasteiger partial charge is 0.0915 e. The Hall–Kier alpha value is -2.36. The van der Waals surface area contributed by atoms with Crippen LogP contribution in [0.4, 0.5) is 11.4 Å². The molecular weight excluding hydrogens is 248 g/mol. The number of benzene rings is 2. The number of anilines is 2. The van der Waals surface area contributed by atoms with Crippen molar-refractivity contribution >= 4 is 33.4 Å². The molecule has 0 spiro atoms. The molecule has 0 amide bonds. The van der Waals surface area contributed by atoms with Gasteiger partial charge in [-0.1, -0.05) is 0 Å². The number of fused-ring (bicyclic) bond motifs is 2. The van der Waals surface area contributed by atoms with E-state index in [4.69, 9.17) is 15.7 Å². The van der Waals surface area contributed by atoms with Crippen LogP contribution in [0.2, 0.25) is 0 Å². The summed E-state index contributed by atoms with van der Waals surface area (Å²) in [6, 6.07) is 8.05. The second kappa shape index (κ2) is 4.34. The Morgan fingerprint density at radius 3 is 1.90 bits per heavy atom. The number of rotatable bonds is 1. The Bertz CT molecular complexity index is 822. The van der Waals surface area contributed by atoms with Crippen molar-refractivity contribution in [3.8, 4) is 0 Å². The number of nitrogen functional groups attached to an aromatic ring is 1. The van der Waals surface area contributed by atoms with Crippen LogP contribution in [0.25, 0.3) is 22.1 Å². The van der Waals surface area contributed by atoms with Crippen LogP contribution in [-0.4, -0.2) is 24.1 Å². The molecule has 4 nitrogen and oxygen atoms in total. The van der Waals surface area contributed by atoms with Gasteiger partial charge in [0.05, 0.1) is 22.1 Å². The number of nitrogens with two attached hydrogens (primary N) is 1. The van der Waals surface area contributed by atoms with Gasteiger partial charge < -0.3 is 10.6 Å². The summed E-state index contributed by atoms with van der Waals surface area (Å²) in [7, 11) is 4.06. The molecule has 0 aliphatic carbocycles. The van der Waals surface area contributed by atoms with Crippen LogP contribution in [0, 0.1) is 13.8 Å². The third kappa shape index (κ3) is 1.93. The van der Waals surface area contributed by atoms with E-state index in [0.717, 1.165) is 39.0 Å². The van der Waals surface area contributed by atoms with Gasteiger partial charge in [0, 0.05) is 25.5 Å². The van der Waals surface area contributed by atoms with E-state index >= 15 is 0 Å². The molecule has 2 aromatic carbocycles. The predicted molar refractivity (Wildman–Crippen MR) is 85.3 cm³/mol. The van der Waals surface area contributed by atoms with Gasteiger partial charge in [0.2, 0.25) is 0 Å². The molecule has 0 bridgehead atoms. The van der Waals surface area contributed by atoms with E-state index in [9.17, 15) is 0 Å². The van der Waals surface area contributed by atoms with Gasteiger partial charge in [0.1, 0.15) is 0 Å². The minimum absolute atomic E-state index is 0.756. The van der Waals surface area contributed by atoms with Gasteiger partial charge in [0.25, 0.3) is 0 Å². The maximum Gasteiger partial charge on any atom is 0.0915 e. The first-order chi connectivity index (χ1) is 9.45. The highest BCUT2D eigenvalue weighted by atomic mass is 15.1. The monoisotopic (exact) mass is 266 g/mol. The maximum atomic E-state index is 5.96. The summed E-state index contributed by atoms with van der Waals surface area (Å²) in [5.41, 5.74) is 13.7. The molecule has 0 saturated heterocycles. The molecule has 0 fully saturated rings. The Labute approximate surface area is 118 Å². The minimum atomic E-state index is 0.756. The molecule has 3 aromatic rings. The number of nitrogens with zero attached hydrogens (tertiary/aromatic N) is 3. The first-order valence-corrected chi connectivity index (χ1v) is 6.61. The Balaban J connectivity index is 2.36. The third-order valence-electron chi connectivity index (χ3n) is 3.62. The molecule has 0 aliphatic rings. The molecule has 4 heteroatoms. The normalized spacial score (nSPS) is 11.2. The summed E-state index contributed by atoms with van der Waals surface area (Å²) in [4.78, 5) is 11.5. The lowest BCUT2D eigenvalue weighted by atomic mass is 10.1. The molecule has 0 radical (unpaired) electrons. The predicted octanol–water partition coefficient (Wildman–Crippen LogP) is 3.05. The minimum Gasteiger partial charge on any atom is -0.398 e. The fourth-order valence-corrected chi connectivity index (χ4v) is 2.47. The lowest BCUT2D eigenvalue weighted by molar-refractivity contribution is 1.12. The highest BCUT2D eigenvalue weighted by Crippen LogP contribution is 2.26. The van der Waals surface area contributed by atoms with Crippen LogP contribution in [0.5, 0.6) is 0 Å². The quantitative estimate of drug-likeness (QED) is 0.543. The number of hydrogen-bond donors (Lipinski definition) is 1. The van der Waals surface area contributed by atoms with E-state index < -0.39 is 0 Å². The Morgan fingerprint density at radius 2 is 1.30 bits per heavy atom. The highest BCUT2D eigenvalue weighted by Gasteiger charge is 2.08. The SMILES string of the molecule is Cc1cc2nc3cc(C)c(N(C)C)cc3nc2cc1N. The fourth-order valence-electron chi connectivity index (χ4n) is 2.47. The molecule has 1 aromatic heterocycles. The summed E-state index contributed by atoms with van der Waals surface area (Å²) in [6.45, 7) is 4.08. The molecule has 2 N–H and O–H groups in total. The van der Waals surface area contributed by atoms with Crippen LogP contribution < -0.4 is 10.6 Å². The van der Waals surface area contributed by atoms with Gasteiger partial charge in [-0.3, -0.25) is 0 Å². The highest BCUT2D eigenvalue weighted by molar-refractivity contribution is 5.90. The fraction of sp³-hybridized carbons (Fsp3) is 0.250. The summed E-state index contributed by atoms with van der Waals surface area (Å²) in [6.07, 6.45) is 0. The first-order valence-electron chi connectivity index (χ1n) is 6.61. The van der Waals surface area contributed by atoms with Crippen molar-refractivity contribution in [1.82, 2.24) is 9.97 Å². The topological polar surface area (TPSA) is 55.0 Å². The van der Waals surface area contributed by atoms with E-state index in [1.165, 1.54) is 5.56 Å². The lowest BCUT2D eigenvalue weighted by Crippen LogP contribution is -2.10. The van der Waals surface area contributed by atoms with Crippen LogP contribution in [0.3, 0.4) is 0 Å². The number of aromatic nitrogens is 2. The summed E-state index contributed by atoms with van der Waals surface area (Å²) in [5.74, 6) is 0. The zero-order chi connectivity index (χ0) is 14.4. The third-order valence-corrected chi connectivity index (χ3v) is 3.62. The average molecular weight is 266 g/mol. The van der Waals surface area contributed by atoms with Crippen LogP contribution in [0.1, 0.15) is 11.1 Å².